The molecule has 1 heterocycles. The molecule has 1 amide bonds. The molecule has 5 nitrogen and oxygen atoms in total. The molecule has 4 rings (SSSR count). The molecule has 0 atom stereocenters. The van der Waals surface area contributed by atoms with Gasteiger partial charge < -0.3 is 14.5 Å². The number of aromatic nitrogens is 1. The highest BCUT2D eigenvalue weighted by Gasteiger charge is 2.11. The summed E-state index contributed by atoms with van der Waals surface area (Å²) in [5.41, 5.74) is 4.97. The fourth-order valence-corrected chi connectivity index (χ4v) is 3.07. The van der Waals surface area contributed by atoms with Gasteiger partial charge in [0.05, 0.1) is 7.11 Å². The van der Waals surface area contributed by atoms with E-state index in [0.29, 0.717) is 28.8 Å². The van der Waals surface area contributed by atoms with E-state index < -0.39 is 0 Å². The maximum atomic E-state index is 12.4. The van der Waals surface area contributed by atoms with E-state index in [1.165, 1.54) is 5.56 Å². The van der Waals surface area contributed by atoms with Crippen LogP contribution in [0.15, 0.2) is 71.1 Å². The summed E-state index contributed by atoms with van der Waals surface area (Å²) in [6.07, 6.45) is 0. The van der Waals surface area contributed by atoms with Crippen molar-refractivity contribution in [2.75, 3.05) is 12.4 Å². The third kappa shape index (κ3) is 3.99. The molecule has 0 aliphatic rings. The molecule has 0 saturated carbocycles. The average molecular weight is 386 g/mol. The maximum absolute atomic E-state index is 12.4. The molecule has 1 N–H and O–H groups in total. The van der Waals surface area contributed by atoms with Gasteiger partial charge in [-0.15, -0.1) is 0 Å². The molecule has 0 unspecified atom stereocenters. The van der Waals surface area contributed by atoms with Crippen LogP contribution in [-0.4, -0.2) is 18.0 Å². The van der Waals surface area contributed by atoms with Crippen LogP contribution < -0.4 is 10.1 Å². The molecular weight excluding hydrogens is 364 g/mol. The van der Waals surface area contributed by atoms with Crippen LogP contribution in [0.25, 0.3) is 22.6 Å². The molecule has 0 aliphatic carbocycles. The van der Waals surface area contributed by atoms with Crippen molar-refractivity contribution in [1.29, 1.82) is 0 Å². The van der Waals surface area contributed by atoms with Gasteiger partial charge in [0.2, 0.25) is 5.89 Å². The number of methoxy groups -OCH3 is 1. The SMILES string of the molecule is COc1ccc(C(=O)Nc2ccc(-c3nc4cc(C(C)C)ccc4o3)cc2)cc1. The van der Waals surface area contributed by atoms with E-state index in [1.807, 2.05) is 30.3 Å². The van der Waals surface area contributed by atoms with E-state index >= 15 is 0 Å². The van der Waals surface area contributed by atoms with Crippen molar-refractivity contribution in [3.05, 3.63) is 77.9 Å². The van der Waals surface area contributed by atoms with Crippen molar-refractivity contribution >= 4 is 22.7 Å². The molecule has 1 aromatic heterocycles. The van der Waals surface area contributed by atoms with E-state index in [4.69, 9.17) is 9.15 Å². The van der Waals surface area contributed by atoms with E-state index in [2.05, 4.69) is 36.3 Å². The van der Waals surface area contributed by atoms with Crippen LogP contribution in [0.1, 0.15) is 35.7 Å². The Morgan fingerprint density at radius 3 is 2.38 bits per heavy atom. The Bertz CT molecular complexity index is 1140. The number of benzene rings is 3. The molecule has 5 heteroatoms. The zero-order valence-electron chi connectivity index (χ0n) is 16.6. The smallest absolute Gasteiger partial charge is 0.255 e. The number of hydrogen-bond acceptors (Lipinski definition) is 4. The van der Waals surface area contributed by atoms with Gasteiger partial charge in [0, 0.05) is 16.8 Å². The fourth-order valence-electron chi connectivity index (χ4n) is 3.07. The molecule has 146 valence electrons. The van der Waals surface area contributed by atoms with Gasteiger partial charge in [-0.1, -0.05) is 19.9 Å². The summed E-state index contributed by atoms with van der Waals surface area (Å²) in [6, 6.07) is 20.5. The van der Waals surface area contributed by atoms with Crippen LogP contribution in [0.3, 0.4) is 0 Å². The zero-order valence-corrected chi connectivity index (χ0v) is 16.6. The van der Waals surface area contributed by atoms with Crippen LogP contribution in [0.2, 0.25) is 0 Å². The van der Waals surface area contributed by atoms with Crippen LogP contribution in [0.4, 0.5) is 5.69 Å². The lowest BCUT2D eigenvalue weighted by molar-refractivity contribution is 0.102. The summed E-state index contributed by atoms with van der Waals surface area (Å²) >= 11 is 0. The van der Waals surface area contributed by atoms with Gasteiger partial charge in [-0.25, -0.2) is 4.98 Å². The Morgan fingerprint density at radius 1 is 1.00 bits per heavy atom. The van der Waals surface area contributed by atoms with Crippen molar-refractivity contribution in [3.8, 4) is 17.2 Å². The lowest BCUT2D eigenvalue weighted by atomic mass is 10.0. The van der Waals surface area contributed by atoms with Gasteiger partial charge >= 0.3 is 0 Å². The summed E-state index contributed by atoms with van der Waals surface area (Å²) in [5.74, 6) is 1.54. The molecule has 3 aromatic carbocycles. The average Bonchev–Trinajstić information content (AvgIpc) is 3.17. The summed E-state index contributed by atoms with van der Waals surface area (Å²) in [4.78, 5) is 17.0. The monoisotopic (exact) mass is 386 g/mol. The van der Waals surface area contributed by atoms with Crippen LogP contribution >= 0.6 is 0 Å². The Hall–Kier alpha value is -3.60. The molecule has 0 fully saturated rings. The van der Waals surface area contributed by atoms with Gasteiger partial charge in [0.1, 0.15) is 11.3 Å². The van der Waals surface area contributed by atoms with Crippen LogP contribution in [-0.2, 0) is 0 Å². The zero-order chi connectivity index (χ0) is 20.4. The minimum absolute atomic E-state index is 0.177. The Kier molecular flexibility index (Phi) is 5.04. The summed E-state index contributed by atoms with van der Waals surface area (Å²) < 4.78 is 11.0. The van der Waals surface area contributed by atoms with Crippen molar-refractivity contribution in [1.82, 2.24) is 4.98 Å². The van der Waals surface area contributed by atoms with Gasteiger partial charge in [-0.3, -0.25) is 4.79 Å². The molecule has 4 aromatic rings. The predicted molar refractivity (Wildman–Crippen MR) is 114 cm³/mol. The van der Waals surface area contributed by atoms with E-state index in [-0.39, 0.29) is 5.91 Å². The van der Waals surface area contributed by atoms with Crippen molar-refractivity contribution in [2.24, 2.45) is 0 Å². The summed E-state index contributed by atoms with van der Waals surface area (Å²) in [5, 5.41) is 2.89. The second-order valence-electron chi connectivity index (χ2n) is 7.16. The van der Waals surface area contributed by atoms with Gasteiger partial charge in [0.15, 0.2) is 5.58 Å². The quantitative estimate of drug-likeness (QED) is 0.465. The molecule has 0 spiro atoms. The number of anilines is 1. The molecule has 0 aliphatic heterocycles. The van der Waals surface area contributed by atoms with Crippen molar-refractivity contribution < 1.29 is 13.9 Å². The lowest BCUT2D eigenvalue weighted by Gasteiger charge is -2.06. The normalized spacial score (nSPS) is 11.0. The van der Waals surface area contributed by atoms with E-state index in [1.54, 1.807) is 31.4 Å². The number of carbonyl (C=O) groups is 1. The number of fused-ring (bicyclic) bond motifs is 1. The first-order valence-corrected chi connectivity index (χ1v) is 9.50. The number of nitrogens with one attached hydrogen (secondary N) is 1. The Morgan fingerprint density at radius 2 is 1.72 bits per heavy atom. The van der Waals surface area contributed by atoms with Crippen molar-refractivity contribution in [3.63, 3.8) is 0 Å². The molecule has 29 heavy (non-hydrogen) atoms. The van der Waals surface area contributed by atoms with Gasteiger partial charge in [-0.05, 0) is 72.1 Å². The minimum Gasteiger partial charge on any atom is -0.497 e. The highest BCUT2D eigenvalue weighted by molar-refractivity contribution is 6.04. The second-order valence-corrected chi connectivity index (χ2v) is 7.16. The maximum Gasteiger partial charge on any atom is 0.255 e. The van der Waals surface area contributed by atoms with E-state index in [0.717, 1.165) is 16.7 Å². The fraction of sp³-hybridized carbons (Fsp3) is 0.167. The van der Waals surface area contributed by atoms with Crippen LogP contribution in [0, 0.1) is 0 Å². The Balaban J connectivity index is 1.51. The predicted octanol–water partition coefficient (Wildman–Crippen LogP) is 5.88. The van der Waals surface area contributed by atoms with Crippen LogP contribution in [0.5, 0.6) is 5.75 Å². The molecule has 0 saturated heterocycles. The lowest BCUT2D eigenvalue weighted by Crippen LogP contribution is -2.11. The summed E-state index contributed by atoms with van der Waals surface area (Å²) in [7, 11) is 1.59. The highest BCUT2D eigenvalue weighted by Crippen LogP contribution is 2.27. The number of rotatable bonds is 5. The first-order chi connectivity index (χ1) is 14.0. The number of hydrogen-bond donors (Lipinski definition) is 1. The topological polar surface area (TPSA) is 64.4 Å². The third-order valence-electron chi connectivity index (χ3n) is 4.82. The number of amides is 1. The van der Waals surface area contributed by atoms with Crippen molar-refractivity contribution in [2.45, 2.75) is 19.8 Å². The largest absolute Gasteiger partial charge is 0.497 e. The minimum atomic E-state index is -0.177. The van der Waals surface area contributed by atoms with Gasteiger partial charge in [0.25, 0.3) is 5.91 Å². The Labute approximate surface area is 169 Å². The number of ether oxygens (including phenoxy) is 1. The first kappa shape index (κ1) is 18.7. The first-order valence-electron chi connectivity index (χ1n) is 9.50. The molecule has 0 bridgehead atoms. The highest BCUT2D eigenvalue weighted by atomic mass is 16.5. The van der Waals surface area contributed by atoms with E-state index in [9.17, 15) is 4.79 Å². The second kappa shape index (κ2) is 7.80. The standard InChI is InChI=1S/C24H22N2O3/c1-15(2)18-8-13-22-21(14-18)26-24(29-22)17-4-9-19(10-5-17)25-23(27)16-6-11-20(28-3)12-7-16/h4-15H,1-3H3,(H,25,27). The summed E-state index contributed by atoms with van der Waals surface area (Å²) in [6.45, 7) is 4.31. The molecule has 0 radical (unpaired) electrons. The number of nitrogens with zero attached hydrogens (tertiary/aromatic N) is 1. The number of carbonyl (C=O) groups excluding carboxylic acids is 1. The number of oxazole rings is 1. The third-order valence-corrected chi connectivity index (χ3v) is 4.82. The van der Waals surface area contributed by atoms with Gasteiger partial charge in [-0.2, -0.15) is 0 Å². The molecular formula is C24H22N2O3.